The molecule has 1 saturated heterocycles. The highest BCUT2D eigenvalue weighted by Gasteiger charge is 2.40. The zero-order chi connectivity index (χ0) is 14.3. The molecule has 19 heavy (non-hydrogen) atoms. The third-order valence-corrected chi connectivity index (χ3v) is 3.45. The van der Waals surface area contributed by atoms with Crippen molar-refractivity contribution in [2.45, 2.75) is 32.7 Å². The monoisotopic (exact) mass is 272 g/mol. The van der Waals surface area contributed by atoms with Gasteiger partial charge in [0, 0.05) is 7.11 Å². The second kappa shape index (κ2) is 7.45. The van der Waals surface area contributed by atoms with Crippen molar-refractivity contribution in [1.82, 2.24) is 10.6 Å². The fraction of sp³-hybridized carbons (Fsp3) is 0.846. The Morgan fingerprint density at radius 3 is 2.53 bits per heavy atom. The van der Waals surface area contributed by atoms with Gasteiger partial charge in [-0.05, 0) is 39.8 Å². The van der Waals surface area contributed by atoms with E-state index in [1.165, 1.54) is 0 Å². The van der Waals surface area contributed by atoms with Crippen LogP contribution in [0.25, 0.3) is 0 Å². The summed E-state index contributed by atoms with van der Waals surface area (Å²) in [5.74, 6) is -0.534. The third kappa shape index (κ3) is 4.18. The van der Waals surface area contributed by atoms with Crippen molar-refractivity contribution in [3.05, 3.63) is 0 Å². The Morgan fingerprint density at radius 1 is 1.37 bits per heavy atom. The molecule has 0 aromatic carbocycles. The van der Waals surface area contributed by atoms with Gasteiger partial charge < -0.3 is 20.1 Å². The van der Waals surface area contributed by atoms with Gasteiger partial charge in [-0.2, -0.15) is 0 Å². The third-order valence-electron chi connectivity index (χ3n) is 3.45. The number of nitrogens with one attached hydrogen (secondary N) is 2. The van der Waals surface area contributed by atoms with E-state index in [0.717, 1.165) is 13.1 Å². The van der Waals surface area contributed by atoms with Gasteiger partial charge in [0.05, 0.1) is 18.6 Å². The Bertz CT molecular complexity index is 308. The SMILES string of the molecule is CCOC(=O)C(C)NC(=O)C1(COC)CCNCC1. The number of hydrogen-bond acceptors (Lipinski definition) is 5. The molecule has 1 aliphatic rings. The number of amides is 1. The molecule has 0 radical (unpaired) electrons. The van der Waals surface area contributed by atoms with Crippen LogP contribution in [0.3, 0.4) is 0 Å². The number of carbonyl (C=O) groups is 2. The number of methoxy groups -OCH3 is 1. The van der Waals surface area contributed by atoms with E-state index in [4.69, 9.17) is 9.47 Å². The lowest BCUT2D eigenvalue weighted by Crippen LogP contribution is -2.53. The maximum absolute atomic E-state index is 12.4. The number of rotatable bonds is 6. The fourth-order valence-electron chi connectivity index (χ4n) is 2.29. The van der Waals surface area contributed by atoms with Crippen molar-refractivity contribution in [3.8, 4) is 0 Å². The smallest absolute Gasteiger partial charge is 0.328 e. The van der Waals surface area contributed by atoms with Gasteiger partial charge >= 0.3 is 5.97 Å². The largest absolute Gasteiger partial charge is 0.464 e. The molecule has 0 saturated carbocycles. The van der Waals surface area contributed by atoms with E-state index in [2.05, 4.69) is 10.6 Å². The van der Waals surface area contributed by atoms with Gasteiger partial charge in [-0.1, -0.05) is 0 Å². The molecule has 0 bridgehead atoms. The minimum absolute atomic E-state index is 0.128. The molecule has 6 heteroatoms. The Hall–Kier alpha value is -1.14. The van der Waals surface area contributed by atoms with Gasteiger partial charge in [-0.3, -0.25) is 4.79 Å². The normalized spacial score (nSPS) is 19.5. The highest BCUT2D eigenvalue weighted by molar-refractivity contribution is 5.88. The maximum Gasteiger partial charge on any atom is 0.328 e. The molecule has 1 atom stereocenters. The van der Waals surface area contributed by atoms with E-state index in [9.17, 15) is 9.59 Å². The first-order valence-electron chi connectivity index (χ1n) is 6.73. The summed E-state index contributed by atoms with van der Waals surface area (Å²) in [6, 6.07) is -0.629. The van der Waals surface area contributed by atoms with Crippen molar-refractivity contribution < 1.29 is 19.1 Å². The fourth-order valence-corrected chi connectivity index (χ4v) is 2.29. The number of piperidine rings is 1. The summed E-state index contributed by atoms with van der Waals surface area (Å²) in [7, 11) is 1.59. The summed E-state index contributed by atoms with van der Waals surface area (Å²) >= 11 is 0. The van der Waals surface area contributed by atoms with E-state index < -0.39 is 17.4 Å². The standard InChI is InChI=1S/C13H24N2O4/c1-4-19-11(16)10(2)15-12(17)13(9-18-3)5-7-14-8-6-13/h10,14H,4-9H2,1-3H3,(H,15,17). The van der Waals surface area contributed by atoms with Crippen LogP contribution < -0.4 is 10.6 Å². The van der Waals surface area contributed by atoms with Crippen LogP contribution in [0, 0.1) is 5.41 Å². The molecule has 1 amide bonds. The van der Waals surface area contributed by atoms with Gasteiger partial charge in [-0.15, -0.1) is 0 Å². The summed E-state index contributed by atoms with van der Waals surface area (Å²) in [4.78, 5) is 23.9. The molecule has 6 nitrogen and oxygen atoms in total. The van der Waals surface area contributed by atoms with Crippen molar-refractivity contribution >= 4 is 11.9 Å². The lowest BCUT2D eigenvalue weighted by atomic mass is 9.78. The van der Waals surface area contributed by atoms with Crippen molar-refractivity contribution in [2.75, 3.05) is 33.4 Å². The van der Waals surface area contributed by atoms with Crippen LogP contribution in [-0.2, 0) is 19.1 Å². The Kier molecular flexibility index (Phi) is 6.24. The second-order valence-corrected chi connectivity index (χ2v) is 4.91. The van der Waals surface area contributed by atoms with Crippen LogP contribution in [0.4, 0.5) is 0 Å². The predicted molar refractivity (Wildman–Crippen MR) is 70.7 cm³/mol. The molecule has 1 aliphatic heterocycles. The summed E-state index contributed by atoms with van der Waals surface area (Å²) < 4.78 is 10.1. The van der Waals surface area contributed by atoms with Crippen molar-refractivity contribution in [1.29, 1.82) is 0 Å². The minimum atomic E-state index is -0.629. The highest BCUT2D eigenvalue weighted by Crippen LogP contribution is 2.29. The molecular weight excluding hydrogens is 248 g/mol. The lowest BCUT2D eigenvalue weighted by molar-refractivity contribution is -0.149. The number of ether oxygens (including phenoxy) is 2. The molecular formula is C13H24N2O4. The molecule has 1 rings (SSSR count). The minimum Gasteiger partial charge on any atom is -0.464 e. The van der Waals surface area contributed by atoms with Gasteiger partial charge in [0.15, 0.2) is 0 Å². The van der Waals surface area contributed by atoms with E-state index in [0.29, 0.717) is 26.1 Å². The highest BCUT2D eigenvalue weighted by atomic mass is 16.5. The lowest BCUT2D eigenvalue weighted by Gasteiger charge is -2.36. The number of carbonyl (C=O) groups excluding carboxylic acids is 2. The summed E-state index contributed by atoms with van der Waals surface area (Å²) in [6.07, 6.45) is 1.42. The van der Waals surface area contributed by atoms with E-state index in [-0.39, 0.29) is 5.91 Å². The summed E-state index contributed by atoms with van der Waals surface area (Å²) in [5.41, 5.74) is -0.541. The molecule has 0 aromatic heterocycles. The quantitative estimate of drug-likeness (QED) is 0.669. The first kappa shape index (κ1) is 15.9. The molecule has 110 valence electrons. The Labute approximate surface area is 114 Å². The van der Waals surface area contributed by atoms with Crippen LogP contribution in [0.2, 0.25) is 0 Å². The topological polar surface area (TPSA) is 76.7 Å². The zero-order valence-corrected chi connectivity index (χ0v) is 12.0. The van der Waals surface area contributed by atoms with Crippen LogP contribution in [0.5, 0.6) is 0 Å². The van der Waals surface area contributed by atoms with E-state index >= 15 is 0 Å². The molecule has 1 unspecified atom stereocenters. The van der Waals surface area contributed by atoms with E-state index in [1.54, 1.807) is 21.0 Å². The average molecular weight is 272 g/mol. The van der Waals surface area contributed by atoms with Crippen molar-refractivity contribution in [3.63, 3.8) is 0 Å². The first-order valence-corrected chi connectivity index (χ1v) is 6.73. The molecule has 0 aromatic rings. The van der Waals surface area contributed by atoms with Gasteiger partial charge in [-0.25, -0.2) is 4.79 Å². The molecule has 0 spiro atoms. The van der Waals surface area contributed by atoms with Gasteiger partial charge in [0.1, 0.15) is 6.04 Å². The number of hydrogen-bond donors (Lipinski definition) is 2. The van der Waals surface area contributed by atoms with Crippen LogP contribution in [-0.4, -0.2) is 51.3 Å². The van der Waals surface area contributed by atoms with Gasteiger partial charge in [0.25, 0.3) is 0 Å². The van der Waals surface area contributed by atoms with E-state index in [1.807, 2.05) is 0 Å². The van der Waals surface area contributed by atoms with Crippen LogP contribution in [0.15, 0.2) is 0 Å². The second-order valence-electron chi connectivity index (χ2n) is 4.91. The summed E-state index contributed by atoms with van der Waals surface area (Å²) in [5, 5.41) is 5.96. The molecule has 1 fully saturated rings. The van der Waals surface area contributed by atoms with Crippen molar-refractivity contribution in [2.24, 2.45) is 5.41 Å². The van der Waals surface area contributed by atoms with Crippen LogP contribution >= 0.6 is 0 Å². The average Bonchev–Trinajstić information content (AvgIpc) is 2.40. The Balaban J connectivity index is 2.64. The zero-order valence-electron chi connectivity index (χ0n) is 12.0. The Morgan fingerprint density at radius 2 is 2.00 bits per heavy atom. The summed E-state index contributed by atoms with van der Waals surface area (Å²) in [6.45, 7) is 5.63. The van der Waals surface area contributed by atoms with Crippen LogP contribution in [0.1, 0.15) is 26.7 Å². The maximum atomic E-state index is 12.4. The molecule has 2 N–H and O–H groups in total. The first-order chi connectivity index (χ1) is 9.05. The molecule has 1 heterocycles. The predicted octanol–water partition coefficient (Wildman–Crippen LogP) is 0.0704. The molecule has 0 aliphatic carbocycles. The van der Waals surface area contributed by atoms with Gasteiger partial charge in [0.2, 0.25) is 5.91 Å². The number of esters is 1.